The van der Waals surface area contributed by atoms with Crippen molar-refractivity contribution in [2.75, 3.05) is 0 Å². The van der Waals surface area contributed by atoms with Gasteiger partial charge in [-0.15, -0.1) is 0 Å². The molecule has 0 bridgehead atoms. The second-order valence-corrected chi connectivity index (χ2v) is 5.78. The van der Waals surface area contributed by atoms with Crippen molar-refractivity contribution in [1.29, 1.82) is 0 Å². The Morgan fingerprint density at radius 2 is 1.52 bits per heavy atom. The molecule has 0 saturated heterocycles. The standard InChI is InChI=1S/C17H11N2OS/c20-17-19(14-8-2-1-3-9-14)18-15-10-12-6-4-5-7-13(12)11-16(15)21-17/h1-11H/q+1. The number of nitrogens with zero attached hydrogens (tertiary/aromatic N) is 2. The van der Waals surface area contributed by atoms with E-state index in [4.69, 9.17) is 0 Å². The minimum absolute atomic E-state index is 0.0796. The fraction of sp³-hybridized carbons (Fsp3) is 0. The molecule has 0 unspecified atom stereocenters. The third-order valence-corrected chi connectivity index (χ3v) is 4.30. The van der Waals surface area contributed by atoms with E-state index in [2.05, 4.69) is 11.2 Å². The first-order valence-electron chi connectivity index (χ1n) is 6.63. The molecule has 21 heavy (non-hydrogen) atoms. The minimum Gasteiger partial charge on any atom is -0.200 e. The Morgan fingerprint density at radius 1 is 0.857 bits per heavy atom. The summed E-state index contributed by atoms with van der Waals surface area (Å²) in [6.45, 7) is 0. The van der Waals surface area contributed by atoms with Gasteiger partial charge < -0.3 is 0 Å². The lowest BCUT2D eigenvalue weighted by Crippen LogP contribution is -2.49. The molecule has 0 aliphatic rings. The van der Waals surface area contributed by atoms with Crippen LogP contribution in [0.1, 0.15) is 0 Å². The van der Waals surface area contributed by atoms with Crippen LogP contribution >= 0.6 is 11.3 Å². The van der Waals surface area contributed by atoms with Gasteiger partial charge in [-0.3, -0.25) is 0 Å². The van der Waals surface area contributed by atoms with Crippen LogP contribution in [-0.4, -0.2) is 5.10 Å². The van der Waals surface area contributed by atoms with E-state index in [0.717, 1.165) is 26.7 Å². The predicted molar refractivity (Wildman–Crippen MR) is 84.9 cm³/mol. The zero-order valence-corrected chi connectivity index (χ0v) is 11.9. The van der Waals surface area contributed by atoms with E-state index in [1.54, 1.807) is 0 Å². The number of hydrogen-bond acceptors (Lipinski definition) is 3. The van der Waals surface area contributed by atoms with Crippen molar-refractivity contribution >= 4 is 32.3 Å². The van der Waals surface area contributed by atoms with E-state index in [1.165, 1.54) is 16.0 Å². The molecule has 0 saturated carbocycles. The topological polar surface area (TPSA) is 33.8 Å². The number of rotatable bonds is 1. The highest BCUT2D eigenvalue weighted by Gasteiger charge is 2.16. The van der Waals surface area contributed by atoms with Gasteiger partial charge in [-0.05, 0) is 34.2 Å². The lowest BCUT2D eigenvalue weighted by atomic mass is 10.1. The molecule has 1 aromatic heterocycles. The second kappa shape index (κ2) is 4.75. The van der Waals surface area contributed by atoms with Crippen molar-refractivity contribution < 1.29 is 4.68 Å². The van der Waals surface area contributed by atoms with Crippen LogP contribution < -0.4 is 9.55 Å². The molecule has 0 aliphatic heterocycles. The molecule has 0 radical (unpaired) electrons. The summed E-state index contributed by atoms with van der Waals surface area (Å²) in [6, 6.07) is 21.6. The smallest absolute Gasteiger partial charge is 0.200 e. The van der Waals surface area contributed by atoms with Gasteiger partial charge in [0, 0.05) is 21.9 Å². The normalized spacial score (nSPS) is 11.0. The monoisotopic (exact) mass is 291 g/mol. The molecule has 0 N–H and O–H groups in total. The SMILES string of the molecule is O=c1sc2cc3ccccc3cc2n[n+]1-c1ccccc1. The number of aromatic nitrogens is 2. The molecule has 100 valence electrons. The van der Waals surface area contributed by atoms with Gasteiger partial charge in [-0.1, -0.05) is 42.5 Å². The van der Waals surface area contributed by atoms with Gasteiger partial charge in [-0.2, -0.15) is 0 Å². The lowest BCUT2D eigenvalue weighted by Gasteiger charge is -1.99. The summed E-state index contributed by atoms with van der Waals surface area (Å²) in [5.74, 6) is 0. The van der Waals surface area contributed by atoms with Crippen molar-refractivity contribution in [3.05, 3.63) is 76.4 Å². The van der Waals surface area contributed by atoms with Crippen molar-refractivity contribution in [1.82, 2.24) is 5.10 Å². The third kappa shape index (κ3) is 2.10. The van der Waals surface area contributed by atoms with Crippen molar-refractivity contribution in [2.45, 2.75) is 0 Å². The second-order valence-electron chi connectivity index (χ2n) is 4.78. The zero-order valence-electron chi connectivity index (χ0n) is 11.1. The van der Waals surface area contributed by atoms with Crippen LogP contribution in [0.25, 0.3) is 26.7 Å². The van der Waals surface area contributed by atoms with E-state index < -0.39 is 0 Å². The summed E-state index contributed by atoms with van der Waals surface area (Å²) >= 11 is 1.22. The highest BCUT2D eigenvalue weighted by atomic mass is 32.1. The molecule has 4 rings (SSSR count). The average Bonchev–Trinajstić information content (AvgIpc) is 2.53. The molecule has 0 spiro atoms. The minimum atomic E-state index is -0.0796. The van der Waals surface area contributed by atoms with Gasteiger partial charge in [0.2, 0.25) is 5.69 Å². The Morgan fingerprint density at radius 3 is 2.29 bits per heavy atom. The van der Waals surface area contributed by atoms with Crippen LogP contribution in [0.2, 0.25) is 0 Å². The number of para-hydroxylation sites is 1. The van der Waals surface area contributed by atoms with Crippen LogP contribution in [0.4, 0.5) is 0 Å². The Bertz CT molecular complexity index is 1010. The molecule has 0 amide bonds. The van der Waals surface area contributed by atoms with E-state index in [0.29, 0.717) is 0 Å². The Labute approximate surface area is 124 Å². The summed E-state index contributed by atoms with van der Waals surface area (Å²) < 4.78 is 2.37. The maximum absolute atomic E-state index is 12.3. The molecule has 4 heteroatoms. The molecule has 1 heterocycles. The van der Waals surface area contributed by atoms with E-state index >= 15 is 0 Å². The summed E-state index contributed by atoms with van der Waals surface area (Å²) in [5.41, 5.74) is 1.62. The van der Waals surface area contributed by atoms with Crippen molar-refractivity contribution in [3.8, 4) is 5.69 Å². The highest BCUT2D eigenvalue weighted by Crippen LogP contribution is 2.21. The van der Waals surface area contributed by atoms with Gasteiger partial charge in [0.05, 0.1) is 4.70 Å². The van der Waals surface area contributed by atoms with Gasteiger partial charge in [-0.25, -0.2) is 4.79 Å². The fourth-order valence-electron chi connectivity index (χ4n) is 2.39. The van der Waals surface area contributed by atoms with E-state index in [9.17, 15) is 4.79 Å². The molecule has 3 aromatic carbocycles. The lowest BCUT2D eigenvalue weighted by molar-refractivity contribution is -0.667. The molecular formula is C17H11N2OS+. The quantitative estimate of drug-likeness (QED) is 0.399. The Kier molecular flexibility index (Phi) is 2.75. The van der Waals surface area contributed by atoms with Crippen LogP contribution in [0.3, 0.4) is 0 Å². The van der Waals surface area contributed by atoms with Gasteiger partial charge in [0.25, 0.3) is 0 Å². The summed E-state index contributed by atoms with van der Waals surface area (Å²) in [6.07, 6.45) is 0. The first-order valence-corrected chi connectivity index (χ1v) is 7.44. The van der Waals surface area contributed by atoms with Gasteiger partial charge in [0.1, 0.15) is 5.52 Å². The van der Waals surface area contributed by atoms with Gasteiger partial charge in [0.15, 0.2) is 0 Å². The molecule has 0 fully saturated rings. The van der Waals surface area contributed by atoms with Crippen LogP contribution in [0, 0.1) is 0 Å². The predicted octanol–water partition coefficient (Wildman–Crippen LogP) is 3.09. The van der Waals surface area contributed by atoms with Crippen molar-refractivity contribution in [3.63, 3.8) is 0 Å². The number of hydrogen-bond donors (Lipinski definition) is 0. The molecular weight excluding hydrogens is 280 g/mol. The first kappa shape index (κ1) is 12.2. The van der Waals surface area contributed by atoms with Crippen LogP contribution in [0.5, 0.6) is 0 Å². The fourth-order valence-corrected chi connectivity index (χ4v) is 3.20. The average molecular weight is 291 g/mol. The maximum Gasteiger partial charge on any atom is 0.504 e. The Balaban J connectivity index is 2.05. The van der Waals surface area contributed by atoms with Crippen molar-refractivity contribution in [2.24, 2.45) is 0 Å². The third-order valence-electron chi connectivity index (χ3n) is 3.41. The summed E-state index contributed by atoms with van der Waals surface area (Å²) in [7, 11) is 0. The van der Waals surface area contributed by atoms with E-state index in [1.807, 2.05) is 60.7 Å². The largest absolute Gasteiger partial charge is 0.504 e. The number of benzene rings is 3. The molecule has 3 nitrogen and oxygen atoms in total. The zero-order chi connectivity index (χ0) is 14.2. The van der Waals surface area contributed by atoms with Gasteiger partial charge >= 0.3 is 4.87 Å². The van der Waals surface area contributed by atoms with E-state index in [-0.39, 0.29) is 4.87 Å². The summed E-state index contributed by atoms with van der Waals surface area (Å²) in [4.78, 5) is 12.2. The maximum atomic E-state index is 12.3. The summed E-state index contributed by atoms with van der Waals surface area (Å²) in [5, 5.41) is 6.76. The molecule has 4 aromatic rings. The van der Waals surface area contributed by atoms with Crippen LogP contribution in [-0.2, 0) is 0 Å². The molecule has 0 atom stereocenters. The highest BCUT2D eigenvalue weighted by molar-refractivity contribution is 7.15. The van der Waals surface area contributed by atoms with Crippen LogP contribution in [0.15, 0.2) is 71.5 Å². The number of fused-ring (bicyclic) bond motifs is 2. The first-order chi connectivity index (χ1) is 10.3. The molecule has 0 aliphatic carbocycles. The Hall–Kier alpha value is -2.59.